The van der Waals surface area contributed by atoms with Crippen molar-refractivity contribution in [2.24, 2.45) is 17.7 Å². The number of nitrogens with one attached hydrogen (secondary N) is 1. The third-order valence-electron chi connectivity index (χ3n) is 4.42. The van der Waals surface area contributed by atoms with E-state index in [0.29, 0.717) is 11.7 Å². The predicted molar refractivity (Wildman–Crippen MR) is 84.7 cm³/mol. The molecule has 1 aromatic heterocycles. The Bertz CT molecular complexity index is 467. The van der Waals surface area contributed by atoms with Gasteiger partial charge >= 0.3 is 0 Å². The third kappa shape index (κ3) is 3.71. The van der Waals surface area contributed by atoms with Crippen LogP contribution < -0.4 is 11.3 Å². The molecule has 1 aliphatic carbocycles. The van der Waals surface area contributed by atoms with Gasteiger partial charge in [0.25, 0.3) is 0 Å². The number of rotatable bonds is 5. The van der Waals surface area contributed by atoms with E-state index in [9.17, 15) is 0 Å². The molecule has 0 spiro atoms. The summed E-state index contributed by atoms with van der Waals surface area (Å²) in [6.45, 7) is 6.67. The molecule has 21 heavy (non-hydrogen) atoms. The first kappa shape index (κ1) is 16.2. The zero-order valence-corrected chi connectivity index (χ0v) is 13.6. The van der Waals surface area contributed by atoms with Crippen LogP contribution in [0.5, 0.6) is 0 Å². The molecule has 0 saturated heterocycles. The third-order valence-corrected chi connectivity index (χ3v) is 4.42. The predicted octanol–water partition coefficient (Wildman–Crippen LogP) is 3.01. The topological polar surface area (TPSA) is 73.1 Å². The number of hydrogen-bond donors (Lipinski definition) is 2. The number of nitrogen functional groups attached to an aromatic ring is 1. The zero-order valence-electron chi connectivity index (χ0n) is 13.6. The van der Waals surface area contributed by atoms with Crippen molar-refractivity contribution in [2.45, 2.75) is 58.5 Å². The molecule has 0 bridgehead atoms. The summed E-state index contributed by atoms with van der Waals surface area (Å²) in [5, 5.41) is 0. The molecule has 0 unspecified atom stereocenters. The van der Waals surface area contributed by atoms with Gasteiger partial charge < -0.3 is 10.2 Å². The van der Waals surface area contributed by atoms with Gasteiger partial charge in [-0.15, -0.1) is 0 Å². The second kappa shape index (κ2) is 6.71. The van der Waals surface area contributed by atoms with E-state index in [1.54, 1.807) is 7.11 Å². The van der Waals surface area contributed by atoms with Gasteiger partial charge in [-0.05, 0) is 43.9 Å². The Balaban J connectivity index is 2.35. The normalized spacial score (nSPS) is 26.1. The summed E-state index contributed by atoms with van der Waals surface area (Å²) in [5.41, 5.74) is 3.33. The average Bonchev–Trinajstić information content (AvgIpc) is 2.47. The molecule has 1 fully saturated rings. The van der Waals surface area contributed by atoms with E-state index in [-0.39, 0.29) is 5.60 Å². The van der Waals surface area contributed by atoms with Crippen LogP contribution >= 0.6 is 0 Å². The van der Waals surface area contributed by atoms with Crippen LogP contribution in [0, 0.1) is 11.8 Å². The van der Waals surface area contributed by atoms with E-state index < -0.39 is 0 Å². The van der Waals surface area contributed by atoms with Crippen LogP contribution in [0.2, 0.25) is 0 Å². The second-order valence-electron chi connectivity index (χ2n) is 6.69. The molecule has 0 amide bonds. The highest BCUT2D eigenvalue weighted by molar-refractivity contribution is 5.35. The molecule has 5 heteroatoms. The van der Waals surface area contributed by atoms with Crippen LogP contribution in [0.4, 0.5) is 5.82 Å². The van der Waals surface area contributed by atoms with Crippen molar-refractivity contribution >= 4 is 5.82 Å². The summed E-state index contributed by atoms with van der Waals surface area (Å²) in [5.74, 6) is 8.32. The van der Waals surface area contributed by atoms with Crippen LogP contribution in [0.25, 0.3) is 0 Å². The van der Waals surface area contributed by atoms with E-state index in [0.717, 1.165) is 49.5 Å². The lowest BCUT2D eigenvalue weighted by Crippen LogP contribution is -2.35. The summed E-state index contributed by atoms with van der Waals surface area (Å²) >= 11 is 0. The Morgan fingerprint density at radius 2 is 2.05 bits per heavy atom. The molecule has 0 atom stereocenters. The van der Waals surface area contributed by atoms with Crippen LogP contribution in [-0.2, 0) is 16.8 Å². The number of aromatic nitrogens is 2. The lowest BCUT2D eigenvalue weighted by Gasteiger charge is -2.37. The van der Waals surface area contributed by atoms with Crippen molar-refractivity contribution < 1.29 is 4.74 Å². The minimum Gasteiger partial charge on any atom is -0.370 e. The first-order valence-corrected chi connectivity index (χ1v) is 7.89. The standard InChI is InChI=1S/C16H28N4O/c1-11(2)9-13-10-14(20-17)19-15(18-13)16(21-4)7-5-12(3)6-8-16/h10-12H,5-9,17H2,1-4H3,(H,18,19,20). The van der Waals surface area contributed by atoms with Crippen LogP contribution in [-0.4, -0.2) is 17.1 Å². The number of ether oxygens (including phenoxy) is 1. The largest absolute Gasteiger partial charge is 0.370 e. The maximum absolute atomic E-state index is 5.88. The summed E-state index contributed by atoms with van der Waals surface area (Å²) in [6, 6.07) is 1.93. The van der Waals surface area contributed by atoms with Gasteiger partial charge in [0.05, 0.1) is 0 Å². The van der Waals surface area contributed by atoms with Crippen molar-refractivity contribution in [2.75, 3.05) is 12.5 Å². The molecule has 3 N–H and O–H groups in total. The Morgan fingerprint density at radius 1 is 1.38 bits per heavy atom. The number of methoxy groups -OCH3 is 1. The minimum atomic E-state index is -0.356. The summed E-state index contributed by atoms with van der Waals surface area (Å²) in [4.78, 5) is 9.36. The fourth-order valence-corrected chi connectivity index (χ4v) is 3.05. The average molecular weight is 292 g/mol. The maximum Gasteiger partial charge on any atom is 0.162 e. The minimum absolute atomic E-state index is 0.356. The molecule has 1 saturated carbocycles. The summed E-state index contributed by atoms with van der Waals surface area (Å²) in [7, 11) is 1.77. The number of anilines is 1. The molecule has 1 aliphatic rings. The second-order valence-corrected chi connectivity index (χ2v) is 6.69. The van der Waals surface area contributed by atoms with E-state index >= 15 is 0 Å². The Labute approximate surface area is 127 Å². The van der Waals surface area contributed by atoms with Crippen LogP contribution in [0.1, 0.15) is 58.0 Å². The zero-order chi connectivity index (χ0) is 15.5. The smallest absolute Gasteiger partial charge is 0.162 e. The first-order valence-electron chi connectivity index (χ1n) is 7.89. The van der Waals surface area contributed by atoms with Gasteiger partial charge in [0.2, 0.25) is 0 Å². The molecular weight excluding hydrogens is 264 g/mol. The van der Waals surface area contributed by atoms with Crippen LogP contribution in [0.3, 0.4) is 0 Å². The Morgan fingerprint density at radius 3 is 2.57 bits per heavy atom. The van der Waals surface area contributed by atoms with Gasteiger partial charge in [-0.1, -0.05) is 20.8 Å². The van der Waals surface area contributed by atoms with E-state index in [1.807, 2.05) is 6.07 Å². The maximum atomic E-state index is 5.88. The number of nitrogens with zero attached hydrogens (tertiary/aromatic N) is 2. The van der Waals surface area contributed by atoms with Crippen molar-refractivity contribution in [3.8, 4) is 0 Å². The summed E-state index contributed by atoms with van der Waals surface area (Å²) in [6.07, 6.45) is 5.16. The fraction of sp³-hybridized carbons (Fsp3) is 0.750. The quantitative estimate of drug-likeness (QED) is 0.644. The van der Waals surface area contributed by atoms with Gasteiger partial charge in [0.15, 0.2) is 5.82 Å². The molecular formula is C16H28N4O. The number of hydrogen-bond acceptors (Lipinski definition) is 5. The first-order chi connectivity index (χ1) is 9.99. The van der Waals surface area contributed by atoms with Crippen LogP contribution in [0.15, 0.2) is 6.07 Å². The van der Waals surface area contributed by atoms with E-state index in [4.69, 9.17) is 15.6 Å². The van der Waals surface area contributed by atoms with Gasteiger partial charge in [0, 0.05) is 18.9 Å². The Hall–Kier alpha value is -1.20. The monoisotopic (exact) mass is 292 g/mol. The number of nitrogens with two attached hydrogens (primary N) is 1. The number of hydrazine groups is 1. The van der Waals surface area contributed by atoms with Gasteiger partial charge in [-0.25, -0.2) is 15.8 Å². The highest BCUT2D eigenvalue weighted by atomic mass is 16.5. The highest BCUT2D eigenvalue weighted by Gasteiger charge is 2.39. The summed E-state index contributed by atoms with van der Waals surface area (Å²) < 4.78 is 5.88. The molecule has 0 aliphatic heterocycles. The lowest BCUT2D eigenvalue weighted by molar-refractivity contribution is -0.0598. The molecule has 2 rings (SSSR count). The molecule has 5 nitrogen and oxygen atoms in total. The fourth-order valence-electron chi connectivity index (χ4n) is 3.05. The van der Waals surface area contributed by atoms with Crippen molar-refractivity contribution in [3.63, 3.8) is 0 Å². The molecule has 0 radical (unpaired) electrons. The van der Waals surface area contributed by atoms with Gasteiger partial charge in [0.1, 0.15) is 11.4 Å². The van der Waals surface area contributed by atoms with Crippen molar-refractivity contribution in [1.82, 2.24) is 9.97 Å². The lowest BCUT2D eigenvalue weighted by atomic mass is 9.79. The molecule has 118 valence electrons. The molecule has 0 aromatic carbocycles. The van der Waals surface area contributed by atoms with Crippen molar-refractivity contribution in [3.05, 3.63) is 17.6 Å². The highest BCUT2D eigenvalue weighted by Crippen LogP contribution is 2.41. The Kier molecular flexibility index (Phi) is 5.17. The molecule has 1 heterocycles. The van der Waals surface area contributed by atoms with Crippen molar-refractivity contribution in [1.29, 1.82) is 0 Å². The van der Waals surface area contributed by atoms with E-state index in [2.05, 4.69) is 31.2 Å². The molecule has 1 aromatic rings. The van der Waals surface area contributed by atoms with E-state index in [1.165, 1.54) is 0 Å². The van der Waals surface area contributed by atoms with Gasteiger partial charge in [-0.3, -0.25) is 0 Å². The SMILES string of the molecule is COC1(c2nc(CC(C)C)cc(NN)n2)CCC(C)CC1. The van der Waals surface area contributed by atoms with Gasteiger partial charge in [-0.2, -0.15) is 0 Å².